The van der Waals surface area contributed by atoms with Crippen LogP contribution in [0.25, 0.3) is 0 Å². The van der Waals surface area contributed by atoms with Crippen LogP contribution in [-0.2, 0) is 4.79 Å². The van der Waals surface area contributed by atoms with E-state index in [9.17, 15) is 9.59 Å². The number of carbonyl (C=O) groups excluding carboxylic acids is 1. The smallest absolute Gasteiger partial charge is 0.326 e. The van der Waals surface area contributed by atoms with E-state index in [0.29, 0.717) is 17.2 Å². The lowest BCUT2D eigenvalue weighted by molar-refractivity contribution is -0.139. The van der Waals surface area contributed by atoms with Crippen molar-refractivity contribution in [2.24, 2.45) is 0 Å². The molecule has 2 N–H and O–H groups in total. The number of thioether (sulfide) groups is 1. The average Bonchev–Trinajstić information content (AvgIpc) is 2.33. The Labute approximate surface area is 125 Å². The third-order valence-electron chi connectivity index (χ3n) is 2.39. The van der Waals surface area contributed by atoms with Gasteiger partial charge in [-0.3, -0.25) is 4.79 Å². The first-order valence-corrected chi connectivity index (χ1v) is 7.58. The predicted molar refractivity (Wildman–Crippen MR) is 78.4 cm³/mol. The molecule has 4 nitrogen and oxygen atoms in total. The van der Waals surface area contributed by atoms with Gasteiger partial charge in [0, 0.05) is 5.02 Å². The summed E-state index contributed by atoms with van der Waals surface area (Å²) in [4.78, 5) is 23.0. The summed E-state index contributed by atoms with van der Waals surface area (Å²) in [6.07, 6.45) is 2.23. The van der Waals surface area contributed by atoms with E-state index < -0.39 is 17.9 Å². The van der Waals surface area contributed by atoms with Crippen LogP contribution in [0.2, 0.25) is 10.0 Å². The van der Waals surface area contributed by atoms with Crippen molar-refractivity contribution in [3.63, 3.8) is 0 Å². The number of amides is 1. The van der Waals surface area contributed by atoms with Crippen LogP contribution in [0.1, 0.15) is 16.8 Å². The van der Waals surface area contributed by atoms with Crippen LogP contribution in [0, 0.1) is 0 Å². The largest absolute Gasteiger partial charge is 0.480 e. The molecule has 1 amide bonds. The van der Waals surface area contributed by atoms with Crippen LogP contribution >= 0.6 is 35.0 Å². The highest BCUT2D eigenvalue weighted by Crippen LogP contribution is 2.21. The Morgan fingerprint density at radius 1 is 1.42 bits per heavy atom. The van der Waals surface area contributed by atoms with Crippen LogP contribution in [0.5, 0.6) is 0 Å². The van der Waals surface area contributed by atoms with Gasteiger partial charge in [-0.15, -0.1) is 0 Å². The Bertz CT molecular complexity index is 482. The molecule has 0 spiro atoms. The molecule has 1 atom stereocenters. The fourth-order valence-corrected chi connectivity index (χ4v) is 2.37. The zero-order valence-electron chi connectivity index (χ0n) is 10.2. The number of carboxylic acids is 1. The highest BCUT2D eigenvalue weighted by atomic mass is 35.5. The molecule has 0 heterocycles. The lowest BCUT2D eigenvalue weighted by Crippen LogP contribution is -2.41. The van der Waals surface area contributed by atoms with Gasteiger partial charge in [0.15, 0.2) is 0 Å². The Balaban J connectivity index is 2.78. The Kier molecular flexibility index (Phi) is 6.48. The number of carbonyl (C=O) groups is 2. The maximum absolute atomic E-state index is 11.9. The van der Waals surface area contributed by atoms with Crippen molar-refractivity contribution in [1.82, 2.24) is 5.32 Å². The van der Waals surface area contributed by atoms with Gasteiger partial charge in [0.25, 0.3) is 5.91 Å². The third-order valence-corrected chi connectivity index (χ3v) is 3.58. The predicted octanol–water partition coefficient (Wildman–Crippen LogP) is 2.93. The second-order valence-electron chi connectivity index (χ2n) is 3.77. The van der Waals surface area contributed by atoms with E-state index in [1.807, 2.05) is 6.26 Å². The first kappa shape index (κ1) is 16.1. The van der Waals surface area contributed by atoms with Crippen LogP contribution < -0.4 is 5.32 Å². The molecule has 0 fully saturated rings. The molecule has 104 valence electrons. The van der Waals surface area contributed by atoms with Gasteiger partial charge < -0.3 is 10.4 Å². The molecule has 1 aromatic carbocycles. The van der Waals surface area contributed by atoms with Gasteiger partial charge in [0.2, 0.25) is 0 Å². The first-order chi connectivity index (χ1) is 8.95. The molecule has 0 aliphatic rings. The van der Waals surface area contributed by atoms with Gasteiger partial charge in [-0.05, 0) is 36.6 Å². The van der Waals surface area contributed by atoms with Crippen molar-refractivity contribution in [1.29, 1.82) is 0 Å². The van der Waals surface area contributed by atoms with E-state index in [2.05, 4.69) is 5.32 Å². The fraction of sp³-hybridized carbons (Fsp3) is 0.333. The minimum absolute atomic E-state index is 0.194. The van der Waals surface area contributed by atoms with Crippen molar-refractivity contribution in [3.8, 4) is 0 Å². The molecule has 7 heteroatoms. The highest BCUT2D eigenvalue weighted by Gasteiger charge is 2.21. The number of rotatable bonds is 6. The quantitative estimate of drug-likeness (QED) is 0.845. The molecular formula is C12H13Cl2NO3S. The van der Waals surface area contributed by atoms with Gasteiger partial charge in [-0.1, -0.05) is 23.2 Å². The highest BCUT2D eigenvalue weighted by molar-refractivity contribution is 7.98. The standard InChI is InChI=1S/C12H13Cl2NO3S/c1-19-5-4-10(12(17)18)15-11(16)8-3-2-7(13)6-9(8)14/h2-3,6,10H,4-5H2,1H3,(H,15,16)(H,17,18)/t10-/m0/s1. The molecule has 19 heavy (non-hydrogen) atoms. The van der Waals surface area contributed by atoms with Gasteiger partial charge in [0.1, 0.15) is 6.04 Å². The van der Waals surface area contributed by atoms with E-state index in [-0.39, 0.29) is 10.6 Å². The van der Waals surface area contributed by atoms with E-state index >= 15 is 0 Å². The third kappa shape index (κ3) is 4.93. The summed E-state index contributed by atoms with van der Waals surface area (Å²) in [6, 6.07) is 3.51. The fourth-order valence-electron chi connectivity index (χ4n) is 1.40. The summed E-state index contributed by atoms with van der Waals surface area (Å²) in [7, 11) is 0. The molecule has 1 aromatic rings. The number of benzene rings is 1. The summed E-state index contributed by atoms with van der Waals surface area (Å²) in [5.74, 6) is -0.936. The first-order valence-electron chi connectivity index (χ1n) is 5.43. The number of hydrogen-bond donors (Lipinski definition) is 2. The zero-order valence-corrected chi connectivity index (χ0v) is 12.5. The lowest BCUT2D eigenvalue weighted by atomic mass is 10.1. The minimum Gasteiger partial charge on any atom is -0.480 e. The summed E-state index contributed by atoms with van der Waals surface area (Å²) in [6.45, 7) is 0. The maximum Gasteiger partial charge on any atom is 0.326 e. The topological polar surface area (TPSA) is 66.4 Å². The van der Waals surface area contributed by atoms with Crippen LogP contribution in [0.3, 0.4) is 0 Å². The van der Waals surface area contributed by atoms with E-state index in [4.69, 9.17) is 28.3 Å². The van der Waals surface area contributed by atoms with E-state index in [1.54, 1.807) is 0 Å². The summed E-state index contributed by atoms with van der Waals surface area (Å²) < 4.78 is 0. The Morgan fingerprint density at radius 3 is 2.63 bits per heavy atom. The number of nitrogens with one attached hydrogen (secondary N) is 1. The van der Waals surface area contributed by atoms with Crippen LogP contribution in [-0.4, -0.2) is 35.0 Å². The Hall–Kier alpha value is -0.910. The molecule has 0 aliphatic heterocycles. The molecule has 0 saturated carbocycles. The van der Waals surface area contributed by atoms with E-state index in [0.717, 1.165) is 0 Å². The summed E-state index contributed by atoms with van der Waals surface area (Å²) in [5, 5.41) is 12.1. The van der Waals surface area contributed by atoms with E-state index in [1.165, 1.54) is 30.0 Å². The molecule has 0 bridgehead atoms. The van der Waals surface area contributed by atoms with Gasteiger partial charge in [0.05, 0.1) is 10.6 Å². The average molecular weight is 322 g/mol. The van der Waals surface area contributed by atoms with Crippen molar-refractivity contribution in [2.75, 3.05) is 12.0 Å². The summed E-state index contributed by atoms with van der Waals surface area (Å²) in [5.41, 5.74) is 0.210. The second kappa shape index (κ2) is 7.62. The monoisotopic (exact) mass is 321 g/mol. The molecule has 1 rings (SSSR count). The molecule has 0 saturated heterocycles. The normalized spacial score (nSPS) is 11.9. The summed E-state index contributed by atoms with van der Waals surface area (Å²) >= 11 is 13.1. The molecule has 0 aliphatic carbocycles. The SMILES string of the molecule is CSCC[C@H](NC(=O)c1ccc(Cl)cc1Cl)C(=O)O. The zero-order chi connectivity index (χ0) is 14.4. The molecule has 0 radical (unpaired) electrons. The lowest BCUT2D eigenvalue weighted by Gasteiger charge is -2.14. The van der Waals surface area contributed by atoms with Crippen molar-refractivity contribution < 1.29 is 14.7 Å². The number of aliphatic carboxylic acids is 1. The minimum atomic E-state index is -1.06. The number of carboxylic acid groups (broad SMARTS) is 1. The molecule has 0 aromatic heterocycles. The second-order valence-corrected chi connectivity index (χ2v) is 5.60. The van der Waals surface area contributed by atoms with Crippen LogP contribution in [0.4, 0.5) is 0 Å². The van der Waals surface area contributed by atoms with Crippen molar-refractivity contribution >= 4 is 46.8 Å². The van der Waals surface area contributed by atoms with Gasteiger partial charge in [-0.2, -0.15) is 11.8 Å². The molecule has 0 unspecified atom stereocenters. The number of halogens is 2. The van der Waals surface area contributed by atoms with Gasteiger partial charge in [-0.25, -0.2) is 4.79 Å². The maximum atomic E-state index is 11.9. The van der Waals surface area contributed by atoms with Crippen molar-refractivity contribution in [2.45, 2.75) is 12.5 Å². The number of hydrogen-bond acceptors (Lipinski definition) is 3. The molecular weight excluding hydrogens is 309 g/mol. The Morgan fingerprint density at radius 2 is 2.11 bits per heavy atom. The van der Waals surface area contributed by atoms with Crippen LogP contribution in [0.15, 0.2) is 18.2 Å². The van der Waals surface area contributed by atoms with Gasteiger partial charge >= 0.3 is 5.97 Å². The van der Waals surface area contributed by atoms with Crippen molar-refractivity contribution in [3.05, 3.63) is 33.8 Å².